The highest BCUT2D eigenvalue weighted by Gasteiger charge is 2.36. The molecule has 1 unspecified atom stereocenters. The number of fused-ring (bicyclic) bond motifs is 1. The van der Waals surface area contributed by atoms with Gasteiger partial charge in [-0.25, -0.2) is 21.6 Å². The summed E-state index contributed by atoms with van der Waals surface area (Å²) in [6, 6.07) is 1.77. The number of rotatable bonds is 8. The maximum atomic E-state index is 12.0. The predicted octanol–water partition coefficient (Wildman–Crippen LogP) is -0.244. The number of sulfonamides is 1. The van der Waals surface area contributed by atoms with Gasteiger partial charge in [0, 0.05) is 38.1 Å². The quantitative estimate of drug-likeness (QED) is 0.672. The second-order valence-corrected chi connectivity index (χ2v) is 11.0. The van der Waals surface area contributed by atoms with Gasteiger partial charge in [-0.3, -0.25) is 9.58 Å². The highest BCUT2D eigenvalue weighted by atomic mass is 32.2. The molecule has 0 aromatic carbocycles. The first-order valence-corrected chi connectivity index (χ1v) is 11.6. The predicted molar refractivity (Wildman–Crippen MR) is 90.8 cm³/mol. The molecule has 1 aromatic rings. The van der Waals surface area contributed by atoms with Crippen LogP contribution < -0.4 is 4.72 Å². The summed E-state index contributed by atoms with van der Waals surface area (Å²) in [6.45, 7) is 3.60. The molecule has 3 rings (SSSR count). The van der Waals surface area contributed by atoms with Crippen LogP contribution in [0.2, 0.25) is 0 Å². The fourth-order valence-corrected chi connectivity index (χ4v) is 5.15. The number of nitrogens with one attached hydrogen (secondary N) is 1. The third-order valence-corrected chi connectivity index (χ3v) is 8.20. The highest BCUT2D eigenvalue weighted by Crippen LogP contribution is 2.28. The summed E-state index contributed by atoms with van der Waals surface area (Å²) < 4.78 is 52.0. The van der Waals surface area contributed by atoms with Gasteiger partial charge >= 0.3 is 0 Å². The van der Waals surface area contributed by atoms with Crippen molar-refractivity contribution in [1.82, 2.24) is 19.4 Å². The lowest BCUT2D eigenvalue weighted by Gasteiger charge is -2.33. The number of hydrogen-bond acceptors (Lipinski definition) is 6. The average Bonchev–Trinajstić information content (AvgIpc) is 3.30. The molecule has 10 heteroatoms. The van der Waals surface area contributed by atoms with Gasteiger partial charge in [-0.2, -0.15) is 5.10 Å². The average molecular weight is 377 g/mol. The molecule has 1 aromatic heterocycles. The van der Waals surface area contributed by atoms with Crippen molar-refractivity contribution in [1.29, 1.82) is 0 Å². The molecule has 0 bridgehead atoms. The summed E-state index contributed by atoms with van der Waals surface area (Å²) in [4.78, 5) is 2.06. The Hall–Kier alpha value is -0.970. The minimum absolute atomic E-state index is 0.123. The first kappa shape index (κ1) is 17.8. The maximum Gasteiger partial charge on any atom is 0.214 e. The van der Waals surface area contributed by atoms with Crippen LogP contribution in [0.15, 0.2) is 12.3 Å². The van der Waals surface area contributed by atoms with Crippen molar-refractivity contribution >= 4 is 19.9 Å². The van der Waals surface area contributed by atoms with Gasteiger partial charge in [-0.1, -0.05) is 6.92 Å². The molecule has 0 saturated heterocycles. The van der Waals surface area contributed by atoms with Crippen LogP contribution in [-0.2, 0) is 26.4 Å². The maximum absolute atomic E-state index is 12.0. The Kier molecular flexibility index (Phi) is 5.01. The second kappa shape index (κ2) is 6.74. The van der Waals surface area contributed by atoms with Crippen LogP contribution in [0.1, 0.15) is 31.5 Å². The molecule has 0 radical (unpaired) electrons. The lowest BCUT2D eigenvalue weighted by atomic mass is 10.2. The van der Waals surface area contributed by atoms with E-state index < -0.39 is 19.9 Å². The van der Waals surface area contributed by atoms with Crippen molar-refractivity contribution < 1.29 is 16.8 Å². The second-order valence-electron chi connectivity index (χ2n) is 6.49. The van der Waals surface area contributed by atoms with Gasteiger partial charge in [0.25, 0.3) is 0 Å². The monoisotopic (exact) mass is 376 g/mol. The molecule has 136 valence electrons. The van der Waals surface area contributed by atoms with Crippen LogP contribution in [0.3, 0.4) is 0 Å². The van der Waals surface area contributed by atoms with Gasteiger partial charge in [0.15, 0.2) is 9.84 Å². The Morgan fingerprint density at radius 2 is 2.04 bits per heavy atom. The fraction of sp³-hybridized carbons (Fsp3) is 0.786. The molecule has 1 aliphatic carbocycles. The van der Waals surface area contributed by atoms with Crippen LogP contribution >= 0.6 is 0 Å². The van der Waals surface area contributed by atoms with E-state index in [0.717, 1.165) is 18.5 Å². The Balaban J connectivity index is 1.65. The van der Waals surface area contributed by atoms with Crippen LogP contribution in [0, 0.1) is 0 Å². The molecule has 1 saturated carbocycles. The summed E-state index contributed by atoms with van der Waals surface area (Å²) in [6.07, 6.45) is 3.16. The number of hydrogen-bond donors (Lipinski definition) is 1. The van der Waals surface area contributed by atoms with E-state index in [9.17, 15) is 16.8 Å². The summed E-state index contributed by atoms with van der Waals surface area (Å²) in [7, 11) is -6.25. The Bertz CT molecular complexity index is 783. The topological polar surface area (TPSA) is 101 Å². The van der Waals surface area contributed by atoms with Gasteiger partial charge in [0.05, 0.1) is 22.7 Å². The summed E-state index contributed by atoms with van der Waals surface area (Å²) in [5.41, 5.74) is 0.978. The molecular formula is C14H24N4O4S2. The summed E-state index contributed by atoms with van der Waals surface area (Å²) in [5.74, 6) is 0.265. The number of nitrogens with zero attached hydrogens (tertiary/aromatic N) is 3. The normalized spacial score (nSPS) is 22.5. The van der Waals surface area contributed by atoms with E-state index in [-0.39, 0.29) is 29.3 Å². The van der Waals surface area contributed by atoms with Gasteiger partial charge in [0.2, 0.25) is 10.0 Å². The van der Waals surface area contributed by atoms with Crippen molar-refractivity contribution in [3.8, 4) is 0 Å². The van der Waals surface area contributed by atoms with E-state index in [1.165, 1.54) is 0 Å². The first-order valence-electron chi connectivity index (χ1n) is 8.24. The molecule has 2 aliphatic rings. The van der Waals surface area contributed by atoms with Crippen molar-refractivity contribution in [3.63, 3.8) is 0 Å². The lowest BCUT2D eigenvalue weighted by Crippen LogP contribution is -2.44. The minimum Gasteiger partial charge on any atom is -0.294 e. The Labute approximate surface area is 143 Å². The Morgan fingerprint density at radius 1 is 1.29 bits per heavy atom. The smallest absolute Gasteiger partial charge is 0.214 e. The molecule has 0 spiro atoms. The molecule has 8 nitrogen and oxygen atoms in total. The molecule has 1 atom stereocenters. The van der Waals surface area contributed by atoms with E-state index in [0.29, 0.717) is 19.6 Å². The van der Waals surface area contributed by atoms with Gasteiger partial charge in [-0.15, -0.1) is 0 Å². The van der Waals surface area contributed by atoms with Crippen molar-refractivity contribution in [2.75, 3.05) is 31.1 Å². The van der Waals surface area contributed by atoms with E-state index in [1.54, 1.807) is 13.1 Å². The lowest BCUT2D eigenvalue weighted by molar-refractivity contribution is 0.184. The third kappa shape index (κ3) is 4.16. The zero-order chi connectivity index (χ0) is 17.4. The van der Waals surface area contributed by atoms with Gasteiger partial charge in [-0.05, 0) is 18.9 Å². The van der Waals surface area contributed by atoms with E-state index >= 15 is 0 Å². The number of sulfone groups is 1. The third-order valence-electron chi connectivity index (χ3n) is 4.59. The zero-order valence-corrected chi connectivity index (χ0v) is 15.4. The van der Waals surface area contributed by atoms with Crippen LogP contribution in [-0.4, -0.2) is 67.9 Å². The molecule has 24 heavy (non-hydrogen) atoms. The van der Waals surface area contributed by atoms with Crippen LogP contribution in [0.25, 0.3) is 0 Å². The molecule has 1 aliphatic heterocycles. The van der Waals surface area contributed by atoms with Crippen LogP contribution in [0.5, 0.6) is 0 Å². The van der Waals surface area contributed by atoms with Crippen molar-refractivity contribution in [2.24, 2.45) is 0 Å². The molecule has 0 amide bonds. The van der Waals surface area contributed by atoms with E-state index in [4.69, 9.17) is 0 Å². The standard InChI is InChI=1S/C14H24N4O4S2/c1-2-23(19,20)8-7-17-10-12-5-6-15-18(12)13(11-17)9-16-24(21,22)14-3-4-14/h5-6,13-14,16H,2-4,7-11H2,1H3. The molecule has 1 fully saturated rings. The van der Waals surface area contributed by atoms with Crippen LogP contribution in [0.4, 0.5) is 0 Å². The molecule has 1 N–H and O–H groups in total. The van der Waals surface area contributed by atoms with Crippen molar-refractivity contribution in [2.45, 2.75) is 37.6 Å². The van der Waals surface area contributed by atoms with Gasteiger partial charge in [0.1, 0.15) is 0 Å². The van der Waals surface area contributed by atoms with Crippen molar-refractivity contribution in [3.05, 3.63) is 18.0 Å². The largest absolute Gasteiger partial charge is 0.294 e. The highest BCUT2D eigenvalue weighted by molar-refractivity contribution is 7.91. The summed E-state index contributed by atoms with van der Waals surface area (Å²) in [5, 5.41) is 4.05. The first-order chi connectivity index (χ1) is 11.3. The Morgan fingerprint density at radius 3 is 2.71 bits per heavy atom. The van der Waals surface area contributed by atoms with E-state index in [2.05, 4.69) is 14.7 Å². The van der Waals surface area contributed by atoms with E-state index in [1.807, 2.05) is 10.7 Å². The molecule has 2 heterocycles. The van der Waals surface area contributed by atoms with Gasteiger partial charge < -0.3 is 0 Å². The molecular weight excluding hydrogens is 352 g/mol. The number of aromatic nitrogens is 2. The minimum atomic E-state index is -3.23. The summed E-state index contributed by atoms with van der Waals surface area (Å²) >= 11 is 0. The fourth-order valence-electron chi connectivity index (χ4n) is 2.91. The zero-order valence-electron chi connectivity index (χ0n) is 13.8. The SMILES string of the molecule is CCS(=O)(=O)CCN1Cc2ccnn2C(CNS(=O)(=O)C2CC2)C1.